The molecule has 5 nitrogen and oxygen atoms in total. The van der Waals surface area contributed by atoms with E-state index in [0.29, 0.717) is 12.1 Å². The first kappa shape index (κ1) is 21.7. The number of hydrogen-bond acceptors (Lipinski definition) is 3. The molecule has 1 atom stereocenters. The Labute approximate surface area is 156 Å². The lowest BCUT2D eigenvalue weighted by Gasteiger charge is -2.39. The maximum Gasteiger partial charge on any atom is 0.430 e. The monoisotopic (exact) mass is 410 g/mol. The highest BCUT2D eigenvalue weighted by atomic mass is 19.4. The van der Waals surface area contributed by atoms with Gasteiger partial charge in [0, 0.05) is 24.3 Å². The first-order valence-electron chi connectivity index (χ1n) is 7.96. The normalized spacial score (nSPS) is 18.5. The molecule has 0 radical (unpaired) electrons. The molecule has 1 amide bonds. The van der Waals surface area contributed by atoms with Crippen molar-refractivity contribution in [3.63, 3.8) is 0 Å². The zero-order chi connectivity index (χ0) is 21.3. The molecule has 0 saturated carbocycles. The first-order chi connectivity index (χ1) is 12.8. The second kappa shape index (κ2) is 7.43. The van der Waals surface area contributed by atoms with Crippen molar-refractivity contribution in [3.8, 4) is 11.8 Å². The molecule has 1 heterocycles. The number of hydrogen-bond donors (Lipinski definition) is 2. The summed E-state index contributed by atoms with van der Waals surface area (Å²) in [5.41, 5.74) is -6.10. The van der Waals surface area contributed by atoms with E-state index in [0.717, 1.165) is 17.0 Å². The number of piperazine rings is 1. The fraction of sp³-hybridized carbons (Fsp3) is 0.471. The zero-order valence-electron chi connectivity index (χ0n) is 14.5. The van der Waals surface area contributed by atoms with Crippen LogP contribution in [0.3, 0.4) is 0 Å². The molecule has 1 unspecified atom stereocenters. The number of nitrogens with zero attached hydrogens (tertiary/aromatic N) is 2. The quantitative estimate of drug-likeness (QED) is 0.581. The van der Waals surface area contributed by atoms with Crippen molar-refractivity contribution in [2.24, 2.45) is 0 Å². The minimum atomic E-state index is -5.96. The van der Waals surface area contributed by atoms with E-state index < -0.39 is 35.7 Å². The van der Waals surface area contributed by atoms with Gasteiger partial charge in [-0.25, -0.2) is 4.79 Å². The molecule has 28 heavy (non-hydrogen) atoms. The number of carbonyl (C=O) groups is 1. The van der Waals surface area contributed by atoms with Crippen molar-refractivity contribution >= 4 is 11.8 Å². The Bertz CT molecular complexity index is 765. The van der Waals surface area contributed by atoms with Gasteiger partial charge in [-0.2, -0.15) is 26.3 Å². The van der Waals surface area contributed by atoms with Crippen LogP contribution in [-0.2, 0) is 5.60 Å². The van der Waals surface area contributed by atoms with Gasteiger partial charge < -0.3 is 20.0 Å². The third-order valence-electron chi connectivity index (χ3n) is 4.40. The first-order valence-corrected chi connectivity index (χ1v) is 7.96. The number of aliphatic hydroxyl groups is 1. The lowest BCUT2D eigenvalue weighted by atomic mass is 9.92. The Morgan fingerprint density at radius 1 is 1.07 bits per heavy atom. The van der Waals surface area contributed by atoms with Crippen LogP contribution < -0.4 is 4.90 Å². The van der Waals surface area contributed by atoms with Crippen molar-refractivity contribution in [1.82, 2.24) is 4.90 Å². The van der Waals surface area contributed by atoms with Gasteiger partial charge in [0.05, 0.1) is 6.54 Å². The summed E-state index contributed by atoms with van der Waals surface area (Å²) in [4.78, 5) is 13.8. The largest absolute Gasteiger partial charge is 0.465 e. The fourth-order valence-electron chi connectivity index (χ4n) is 2.94. The molecule has 1 saturated heterocycles. The SMILES string of the molecule is CC#CC1CN(C(=O)O)CCN1c1ccc(C(O)(C(F)(F)F)C(F)(F)F)cc1. The van der Waals surface area contributed by atoms with Crippen molar-refractivity contribution < 1.29 is 41.4 Å². The maximum absolute atomic E-state index is 13.0. The Balaban J connectivity index is 2.37. The Morgan fingerprint density at radius 2 is 1.61 bits per heavy atom. The average Bonchev–Trinajstić information content (AvgIpc) is 2.59. The summed E-state index contributed by atoms with van der Waals surface area (Å²) < 4.78 is 77.8. The number of carboxylic acid groups (broad SMARTS) is 1. The van der Waals surface area contributed by atoms with Crippen LogP contribution in [0, 0.1) is 11.8 Å². The summed E-state index contributed by atoms with van der Waals surface area (Å²) in [5.74, 6) is 5.40. The molecule has 0 bridgehead atoms. The summed E-state index contributed by atoms with van der Waals surface area (Å²) in [5, 5.41) is 18.5. The molecular formula is C17H16F6N2O3. The highest BCUT2D eigenvalue weighted by molar-refractivity contribution is 5.66. The van der Waals surface area contributed by atoms with E-state index in [-0.39, 0.29) is 25.3 Å². The van der Waals surface area contributed by atoms with Crippen LogP contribution in [0.25, 0.3) is 0 Å². The molecule has 0 aromatic heterocycles. The van der Waals surface area contributed by atoms with Gasteiger partial charge in [-0.15, -0.1) is 5.92 Å². The van der Waals surface area contributed by atoms with Crippen molar-refractivity contribution in [2.75, 3.05) is 24.5 Å². The molecule has 1 aromatic carbocycles. The van der Waals surface area contributed by atoms with Crippen LogP contribution in [0.15, 0.2) is 24.3 Å². The predicted molar refractivity (Wildman–Crippen MR) is 86.6 cm³/mol. The lowest BCUT2D eigenvalue weighted by Crippen LogP contribution is -2.54. The maximum atomic E-state index is 13.0. The van der Waals surface area contributed by atoms with Gasteiger partial charge in [0.25, 0.3) is 5.60 Å². The fourth-order valence-corrected chi connectivity index (χ4v) is 2.94. The van der Waals surface area contributed by atoms with Gasteiger partial charge in [0.2, 0.25) is 0 Å². The molecule has 2 rings (SSSR count). The molecular weight excluding hydrogens is 394 g/mol. The van der Waals surface area contributed by atoms with E-state index in [4.69, 9.17) is 5.11 Å². The molecule has 1 aliphatic rings. The van der Waals surface area contributed by atoms with E-state index in [9.17, 15) is 36.2 Å². The van der Waals surface area contributed by atoms with Gasteiger partial charge >= 0.3 is 18.4 Å². The van der Waals surface area contributed by atoms with Gasteiger partial charge in [0.1, 0.15) is 6.04 Å². The molecule has 0 spiro atoms. The highest BCUT2D eigenvalue weighted by Crippen LogP contribution is 2.50. The number of alkyl halides is 6. The topological polar surface area (TPSA) is 64.0 Å². The smallest absolute Gasteiger partial charge is 0.430 e. The van der Waals surface area contributed by atoms with Gasteiger partial charge in [-0.3, -0.25) is 0 Å². The zero-order valence-corrected chi connectivity index (χ0v) is 14.5. The number of halogens is 6. The summed E-state index contributed by atoms with van der Waals surface area (Å²) in [6.45, 7) is 1.77. The van der Waals surface area contributed by atoms with Crippen molar-refractivity contribution in [1.29, 1.82) is 0 Å². The van der Waals surface area contributed by atoms with E-state index >= 15 is 0 Å². The van der Waals surface area contributed by atoms with E-state index in [1.165, 1.54) is 6.92 Å². The highest BCUT2D eigenvalue weighted by Gasteiger charge is 2.71. The van der Waals surface area contributed by atoms with Crippen LogP contribution in [0.1, 0.15) is 12.5 Å². The summed E-state index contributed by atoms with van der Waals surface area (Å²) >= 11 is 0. The average molecular weight is 410 g/mol. The second-order valence-corrected chi connectivity index (χ2v) is 6.08. The van der Waals surface area contributed by atoms with Crippen LogP contribution in [0.4, 0.5) is 36.8 Å². The molecule has 1 fully saturated rings. The van der Waals surface area contributed by atoms with E-state index in [2.05, 4.69) is 11.8 Å². The molecule has 2 N–H and O–H groups in total. The van der Waals surface area contributed by atoms with Crippen LogP contribution in [0.5, 0.6) is 0 Å². The third-order valence-corrected chi connectivity index (χ3v) is 4.40. The minimum absolute atomic E-state index is 0.00691. The standard InChI is InChI=1S/C17H16F6N2O3/c1-2-3-13-10-24(14(26)27)8-9-25(13)12-6-4-11(5-7-12)15(28,16(18,19)20)17(21,22)23/h4-7,13,28H,8-10H2,1H3,(H,26,27). The Hall–Kier alpha value is -2.61. The van der Waals surface area contributed by atoms with Crippen molar-refractivity contribution in [3.05, 3.63) is 29.8 Å². The Morgan fingerprint density at radius 3 is 2.04 bits per heavy atom. The summed E-state index contributed by atoms with van der Waals surface area (Å²) in [6, 6.07) is 2.51. The van der Waals surface area contributed by atoms with Crippen molar-refractivity contribution in [2.45, 2.75) is 30.9 Å². The van der Waals surface area contributed by atoms with Crippen LogP contribution in [-0.4, -0.2) is 59.2 Å². The molecule has 154 valence electrons. The number of anilines is 1. The number of rotatable bonds is 2. The number of benzene rings is 1. The lowest BCUT2D eigenvalue weighted by molar-refractivity contribution is -0.376. The third kappa shape index (κ3) is 3.82. The predicted octanol–water partition coefficient (Wildman–Crippen LogP) is 3.19. The van der Waals surface area contributed by atoms with Gasteiger partial charge in [-0.1, -0.05) is 18.1 Å². The minimum Gasteiger partial charge on any atom is -0.465 e. The van der Waals surface area contributed by atoms with Crippen LogP contribution in [0.2, 0.25) is 0 Å². The summed E-state index contributed by atoms with van der Waals surface area (Å²) in [6.07, 6.45) is -13.1. The molecule has 1 aliphatic heterocycles. The van der Waals surface area contributed by atoms with E-state index in [1.54, 1.807) is 4.90 Å². The second-order valence-electron chi connectivity index (χ2n) is 6.08. The molecule has 11 heteroatoms. The molecule has 0 aliphatic carbocycles. The summed E-state index contributed by atoms with van der Waals surface area (Å²) in [7, 11) is 0. The van der Waals surface area contributed by atoms with Gasteiger partial charge in [0.15, 0.2) is 0 Å². The Kier molecular flexibility index (Phi) is 5.75. The molecule has 1 aromatic rings. The van der Waals surface area contributed by atoms with E-state index in [1.807, 2.05) is 0 Å². The van der Waals surface area contributed by atoms with Crippen LogP contribution >= 0.6 is 0 Å². The number of amides is 1. The van der Waals surface area contributed by atoms with Gasteiger partial charge in [-0.05, 0) is 19.1 Å².